The van der Waals surface area contributed by atoms with E-state index in [9.17, 15) is 23.6 Å². The summed E-state index contributed by atoms with van der Waals surface area (Å²) in [6, 6.07) is 3.75. The lowest BCUT2D eigenvalue weighted by Crippen LogP contribution is -2.59. The Morgan fingerprint density at radius 1 is 1.15 bits per heavy atom. The molecule has 0 spiro atoms. The molecule has 5 atom stereocenters. The minimum absolute atomic E-state index is 0.0286. The van der Waals surface area contributed by atoms with E-state index in [1.807, 2.05) is 0 Å². The van der Waals surface area contributed by atoms with Crippen molar-refractivity contribution >= 4 is 46.0 Å². The number of fused-ring (bicyclic) bond motifs is 2. The third-order valence-electron chi connectivity index (χ3n) is 9.26. The van der Waals surface area contributed by atoms with Gasteiger partial charge in [-0.05, 0) is 61.1 Å². The monoisotopic (exact) mass is 558 g/mol. The fraction of sp³-hybridized carbons (Fsp3) is 0.586. The Kier molecular flexibility index (Phi) is 7.48. The number of nitrogens with one attached hydrogen (secondary N) is 3. The number of ketones is 1. The summed E-state index contributed by atoms with van der Waals surface area (Å²) < 4.78 is 14.3. The number of aromatic amines is 1. The summed E-state index contributed by atoms with van der Waals surface area (Å²) >= 11 is 5.68. The summed E-state index contributed by atoms with van der Waals surface area (Å²) in [6.07, 6.45) is 4.58. The van der Waals surface area contributed by atoms with Crippen LogP contribution in [0.4, 0.5) is 4.39 Å². The largest absolute Gasteiger partial charge is 0.350 e. The third-order valence-corrected chi connectivity index (χ3v) is 9.53. The molecular weight excluding hydrogens is 523 g/mol. The molecule has 2 aliphatic carbocycles. The highest BCUT2D eigenvalue weighted by molar-refractivity contribution is 6.28. The molecule has 0 bridgehead atoms. The van der Waals surface area contributed by atoms with Gasteiger partial charge in [0.15, 0.2) is 5.78 Å². The number of piperidine rings is 1. The fourth-order valence-electron chi connectivity index (χ4n) is 6.80. The first-order valence-corrected chi connectivity index (χ1v) is 14.4. The maximum atomic E-state index is 14.3. The van der Waals surface area contributed by atoms with Gasteiger partial charge in [-0.25, -0.2) is 4.39 Å². The molecule has 2 saturated carbocycles. The van der Waals surface area contributed by atoms with E-state index in [0.717, 1.165) is 32.1 Å². The predicted octanol–water partition coefficient (Wildman–Crippen LogP) is 3.78. The number of likely N-dealkylation sites (tertiary alicyclic amines) is 1. The zero-order chi connectivity index (χ0) is 28.1. The number of hydrogen-bond acceptors (Lipinski definition) is 4. The zero-order valence-corrected chi connectivity index (χ0v) is 23.3. The van der Waals surface area contributed by atoms with Crippen LogP contribution in [0.5, 0.6) is 0 Å². The molecule has 1 aromatic carbocycles. The first kappa shape index (κ1) is 27.6. The molecule has 1 aliphatic heterocycles. The van der Waals surface area contributed by atoms with Gasteiger partial charge in [-0.3, -0.25) is 19.2 Å². The van der Waals surface area contributed by atoms with Crippen LogP contribution >= 0.6 is 11.6 Å². The molecule has 2 aromatic rings. The van der Waals surface area contributed by atoms with Crippen LogP contribution in [0.1, 0.15) is 63.4 Å². The highest BCUT2D eigenvalue weighted by Crippen LogP contribution is 2.65. The average Bonchev–Trinajstić information content (AvgIpc) is 3.31. The summed E-state index contributed by atoms with van der Waals surface area (Å²) in [5.74, 6) is -2.01. The van der Waals surface area contributed by atoms with Gasteiger partial charge in [0.25, 0.3) is 5.91 Å². The first-order chi connectivity index (χ1) is 18.5. The van der Waals surface area contributed by atoms with Gasteiger partial charge in [0, 0.05) is 17.4 Å². The van der Waals surface area contributed by atoms with Gasteiger partial charge < -0.3 is 20.5 Å². The molecule has 3 aliphatic rings. The summed E-state index contributed by atoms with van der Waals surface area (Å²) in [5, 5.41) is 6.02. The number of rotatable bonds is 8. The number of Topliss-reactive ketones (excluding diaryl/α,β-unsaturated/α-hetero) is 1. The Labute approximate surface area is 232 Å². The van der Waals surface area contributed by atoms with Crippen LogP contribution in [-0.2, 0) is 14.4 Å². The molecular formula is C29H36ClFN4O4. The van der Waals surface area contributed by atoms with Gasteiger partial charge in [-0.2, -0.15) is 0 Å². The van der Waals surface area contributed by atoms with Crippen molar-refractivity contribution < 1.29 is 23.6 Å². The smallest absolute Gasteiger partial charge is 0.268 e. The van der Waals surface area contributed by atoms with E-state index in [-0.39, 0.29) is 52.3 Å². The number of alkyl halides is 1. The summed E-state index contributed by atoms with van der Waals surface area (Å²) in [4.78, 5) is 57.6. The van der Waals surface area contributed by atoms with Crippen molar-refractivity contribution in [2.45, 2.75) is 71.0 Å². The summed E-state index contributed by atoms with van der Waals surface area (Å²) in [6.45, 7) is 6.19. The van der Waals surface area contributed by atoms with Gasteiger partial charge in [-0.1, -0.05) is 39.2 Å². The zero-order valence-electron chi connectivity index (χ0n) is 22.6. The normalized spacial score (nSPS) is 25.6. The van der Waals surface area contributed by atoms with Crippen molar-refractivity contribution in [3.8, 4) is 0 Å². The topological polar surface area (TPSA) is 111 Å². The lowest BCUT2D eigenvalue weighted by molar-refractivity contribution is -0.143. The molecule has 2 heterocycles. The Balaban J connectivity index is 1.40. The average molecular weight is 559 g/mol. The van der Waals surface area contributed by atoms with Gasteiger partial charge in [-0.15, -0.1) is 11.6 Å². The Morgan fingerprint density at radius 2 is 1.87 bits per heavy atom. The lowest BCUT2D eigenvalue weighted by Gasteiger charge is -2.37. The second-order valence-corrected chi connectivity index (χ2v) is 12.2. The first-order valence-electron chi connectivity index (χ1n) is 13.8. The van der Waals surface area contributed by atoms with E-state index in [1.165, 1.54) is 12.1 Å². The fourth-order valence-corrected chi connectivity index (χ4v) is 7.03. The number of amides is 3. The van der Waals surface area contributed by atoms with Gasteiger partial charge in [0.05, 0.1) is 11.9 Å². The second kappa shape index (κ2) is 10.6. The summed E-state index contributed by atoms with van der Waals surface area (Å²) in [5.41, 5.74) is 0.577. The number of benzene rings is 1. The molecule has 1 saturated heterocycles. The van der Waals surface area contributed by atoms with E-state index < -0.39 is 29.8 Å². The Bertz CT molecular complexity index is 1300. The maximum Gasteiger partial charge on any atom is 0.268 e. The van der Waals surface area contributed by atoms with Crippen molar-refractivity contribution in [2.24, 2.45) is 23.2 Å². The summed E-state index contributed by atoms with van der Waals surface area (Å²) in [7, 11) is 0. The maximum absolute atomic E-state index is 14.3. The van der Waals surface area contributed by atoms with Crippen molar-refractivity contribution in [3.05, 3.63) is 35.8 Å². The quantitative estimate of drug-likeness (QED) is 0.428. The predicted molar refractivity (Wildman–Crippen MR) is 146 cm³/mol. The molecule has 1 aromatic heterocycles. The van der Waals surface area contributed by atoms with Crippen LogP contribution in [0, 0.1) is 29.0 Å². The molecule has 3 fully saturated rings. The van der Waals surface area contributed by atoms with Crippen molar-refractivity contribution in [3.63, 3.8) is 0 Å². The minimum atomic E-state index is -0.813. The number of nitrogens with zero attached hydrogens (tertiary/aromatic N) is 1. The molecule has 3 amide bonds. The molecule has 8 nitrogen and oxygen atoms in total. The number of carbonyl (C=O) groups is 4. The van der Waals surface area contributed by atoms with Crippen LogP contribution < -0.4 is 10.6 Å². The van der Waals surface area contributed by atoms with E-state index in [1.54, 1.807) is 24.0 Å². The number of carbonyl (C=O) groups excluding carboxylic acids is 4. The van der Waals surface area contributed by atoms with Gasteiger partial charge in [0.2, 0.25) is 11.8 Å². The lowest BCUT2D eigenvalue weighted by atomic mass is 9.83. The van der Waals surface area contributed by atoms with E-state index >= 15 is 0 Å². The Morgan fingerprint density at radius 3 is 2.54 bits per heavy atom. The van der Waals surface area contributed by atoms with E-state index in [0.29, 0.717) is 17.4 Å². The molecule has 39 heavy (non-hydrogen) atoms. The molecule has 0 radical (unpaired) electrons. The van der Waals surface area contributed by atoms with Crippen LogP contribution in [0.2, 0.25) is 0 Å². The van der Waals surface area contributed by atoms with Crippen LogP contribution in [0.15, 0.2) is 24.3 Å². The van der Waals surface area contributed by atoms with Gasteiger partial charge in [0.1, 0.15) is 23.6 Å². The van der Waals surface area contributed by atoms with Crippen molar-refractivity contribution in [2.75, 3.05) is 12.4 Å². The van der Waals surface area contributed by atoms with Crippen molar-refractivity contribution in [1.82, 2.24) is 20.5 Å². The highest BCUT2D eigenvalue weighted by Gasteiger charge is 2.69. The minimum Gasteiger partial charge on any atom is -0.350 e. The number of H-pyrrole nitrogens is 1. The highest BCUT2D eigenvalue weighted by atomic mass is 35.5. The van der Waals surface area contributed by atoms with Gasteiger partial charge >= 0.3 is 0 Å². The molecule has 5 rings (SSSR count). The van der Waals surface area contributed by atoms with Crippen molar-refractivity contribution in [1.29, 1.82) is 0 Å². The molecule has 0 unspecified atom stereocenters. The third kappa shape index (κ3) is 5.06. The second-order valence-electron chi connectivity index (χ2n) is 12.0. The number of aromatic nitrogens is 1. The standard InChI is InChI=1S/C29H36ClFN4O4/c1-15(22(36)13-30)32-27(38)25-23-18(29(23,2)3)14-35(25)28(39)24(16-8-5-4-6-9-16)34-26(37)21-12-17-19(31)10-7-11-20(17)33-21/h7,10-12,15-16,18,23-25,33H,4-6,8-9,13-14H2,1-3H3,(H,32,38)(H,34,37)/t15-,18-,23-,24-,25-/m0/s1. The SMILES string of the molecule is C[C@H](NC(=O)[C@@H]1[C@@H]2[C@H](CN1C(=O)[C@@H](NC(=O)c1cc3c(F)cccc3[nH]1)C1CCCCC1)C2(C)C)C(=O)CCl. The molecule has 3 N–H and O–H groups in total. The van der Waals surface area contributed by atoms with E-state index in [4.69, 9.17) is 11.6 Å². The number of hydrogen-bond donors (Lipinski definition) is 3. The van der Waals surface area contributed by atoms with E-state index in [2.05, 4.69) is 29.5 Å². The molecule has 210 valence electrons. The number of halogens is 2. The van der Waals surface area contributed by atoms with Crippen LogP contribution in [0.3, 0.4) is 0 Å². The van der Waals surface area contributed by atoms with Crippen LogP contribution in [-0.4, -0.2) is 63.9 Å². The molecule has 10 heteroatoms. The Hall–Kier alpha value is -2.94. The van der Waals surface area contributed by atoms with Crippen LogP contribution in [0.25, 0.3) is 10.9 Å².